The highest BCUT2D eigenvalue weighted by Crippen LogP contribution is 2.68. The summed E-state index contributed by atoms with van der Waals surface area (Å²) in [6.45, 7) is 15.7. The van der Waals surface area contributed by atoms with Crippen LogP contribution in [0, 0.1) is 58.2 Å². The monoisotopic (exact) mass is 703 g/mol. The molecule has 290 valence electrons. The van der Waals surface area contributed by atoms with Crippen molar-refractivity contribution in [2.75, 3.05) is 6.61 Å². The highest BCUT2D eigenvalue weighted by atomic mass is 16.5. The Kier molecular flexibility index (Phi) is 18.2. The lowest BCUT2D eigenvalue weighted by molar-refractivity contribution is -0.144. The van der Waals surface area contributed by atoms with Crippen molar-refractivity contribution < 1.29 is 9.53 Å². The van der Waals surface area contributed by atoms with Gasteiger partial charge in [0.15, 0.2) is 0 Å². The molecule has 0 N–H and O–H groups in total. The van der Waals surface area contributed by atoms with Crippen LogP contribution in [0.2, 0.25) is 0 Å². The van der Waals surface area contributed by atoms with E-state index in [1.54, 1.807) is 0 Å². The number of ether oxygens (including phenoxy) is 1. The Morgan fingerprint density at radius 1 is 0.686 bits per heavy atom. The van der Waals surface area contributed by atoms with Gasteiger partial charge >= 0.3 is 5.97 Å². The molecule has 0 amide bonds. The second kappa shape index (κ2) is 22.0. The van der Waals surface area contributed by atoms with Crippen LogP contribution in [0.1, 0.15) is 189 Å². The summed E-state index contributed by atoms with van der Waals surface area (Å²) >= 11 is 0. The van der Waals surface area contributed by atoms with E-state index in [-0.39, 0.29) is 5.97 Å². The van der Waals surface area contributed by atoms with Gasteiger partial charge in [0.25, 0.3) is 0 Å². The number of carbonyl (C=O) groups excluding carboxylic acids is 1. The van der Waals surface area contributed by atoms with Gasteiger partial charge in [-0.05, 0) is 167 Å². The summed E-state index contributed by atoms with van der Waals surface area (Å²) in [5, 5.41) is 0. The molecule has 0 aromatic heterocycles. The molecule has 0 spiro atoms. The molecule has 4 aliphatic rings. The van der Waals surface area contributed by atoms with Crippen molar-refractivity contribution in [3.8, 4) is 0 Å². The van der Waals surface area contributed by atoms with Crippen LogP contribution in [0.5, 0.6) is 0 Å². The third kappa shape index (κ3) is 12.2. The Balaban J connectivity index is 1.07. The van der Waals surface area contributed by atoms with E-state index in [9.17, 15) is 4.79 Å². The van der Waals surface area contributed by atoms with Crippen molar-refractivity contribution in [1.82, 2.24) is 0 Å². The highest BCUT2D eigenvalue weighted by molar-refractivity contribution is 5.69. The van der Waals surface area contributed by atoms with Crippen LogP contribution >= 0.6 is 0 Å². The number of unbranched alkanes of at least 4 members (excludes halogenated alkanes) is 4. The fourth-order valence-electron chi connectivity index (χ4n) is 12.1. The number of rotatable bonds is 22. The number of carbonyl (C=O) groups is 1. The minimum Gasteiger partial charge on any atom is -0.466 e. The van der Waals surface area contributed by atoms with E-state index < -0.39 is 0 Å². The highest BCUT2D eigenvalue weighted by Gasteiger charge is 2.60. The molecule has 0 aliphatic heterocycles. The molecule has 4 fully saturated rings. The normalized spacial score (nSPS) is 32.2. The predicted molar refractivity (Wildman–Crippen MR) is 221 cm³/mol. The van der Waals surface area contributed by atoms with E-state index in [1.165, 1.54) is 103 Å². The number of allylic oxidation sites excluding steroid dienone is 8. The third-order valence-electron chi connectivity index (χ3n) is 15.2. The van der Waals surface area contributed by atoms with Crippen LogP contribution in [0.25, 0.3) is 0 Å². The van der Waals surface area contributed by atoms with E-state index >= 15 is 0 Å². The van der Waals surface area contributed by atoms with Crippen molar-refractivity contribution in [1.29, 1.82) is 0 Å². The molecule has 0 aromatic carbocycles. The van der Waals surface area contributed by atoms with Crippen LogP contribution in [0.15, 0.2) is 48.6 Å². The third-order valence-corrected chi connectivity index (χ3v) is 15.2. The van der Waals surface area contributed by atoms with Crippen molar-refractivity contribution >= 4 is 5.97 Å². The zero-order chi connectivity index (χ0) is 36.5. The molecule has 9 atom stereocenters. The second-order valence-corrected chi connectivity index (χ2v) is 18.7. The van der Waals surface area contributed by atoms with E-state index in [1.807, 2.05) is 0 Å². The number of hydrogen-bond acceptors (Lipinski definition) is 2. The molecule has 0 radical (unpaired) electrons. The van der Waals surface area contributed by atoms with Gasteiger partial charge in [0.05, 0.1) is 6.61 Å². The quantitative estimate of drug-likeness (QED) is 0.0638. The lowest BCUT2D eigenvalue weighted by Gasteiger charge is -2.61. The van der Waals surface area contributed by atoms with Crippen LogP contribution in [-0.4, -0.2) is 12.6 Å². The summed E-state index contributed by atoms with van der Waals surface area (Å²) in [6, 6.07) is 0. The topological polar surface area (TPSA) is 26.3 Å². The minimum atomic E-state index is -0.0154. The van der Waals surface area contributed by atoms with Crippen LogP contribution in [-0.2, 0) is 9.53 Å². The first-order valence-electron chi connectivity index (χ1n) is 22.5. The molecule has 0 heterocycles. The zero-order valence-electron chi connectivity index (χ0n) is 34.5. The first-order valence-corrected chi connectivity index (χ1v) is 22.5. The molecule has 2 nitrogen and oxygen atoms in total. The predicted octanol–water partition coefficient (Wildman–Crippen LogP) is 14.8. The number of fused-ring (bicyclic) bond motifs is 5. The summed E-state index contributed by atoms with van der Waals surface area (Å²) in [4.78, 5) is 12.5. The Morgan fingerprint density at radius 2 is 1.35 bits per heavy atom. The van der Waals surface area contributed by atoms with Crippen LogP contribution < -0.4 is 0 Å². The molecule has 1 unspecified atom stereocenters. The zero-order valence-corrected chi connectivity index (χ0v) is 34.5. The molecular weight excluding hydrogens is 621 g/mol. The largest absolute Gasteiger partial charge is 0.466 e. The molecule has 0 bridgehead atoms. The van der Waals surface area contributed by atoms with Crippen molar-refractivity contribution in [3.63, 3.8) is 0 Å². The smallest absolute Gasteiger partial charge is 0.305 e. The SMILES string of the molecule is CCCCC/C=C\C/C=C\C/C=C\C/C=C\CCCC(=O)OCC[C@H](CC[C@@H](C)[C@H]1CC[C@H]2[C@@H]3CCC4CCCC[C@]4(C)[C@H]3CC[C@]12C)C(C)C. The van der Waals surface area contributed by atoms with Gasteiger partial charge in [-0.1, -0.05) is 122 Å². The Hall–Kier alpha value is -1.57. The Bertz CT molecular complexity index is 1110. The molecule has 2 heteroatoms. The van der Waals surface area contributed by atoms with Crippen LogP contribution in [0.3, 0.4) is 0 Å². The lowest BCUT2D eigenvalue weighted by Crippen LogP contribution is -2.53. The summed E-state index contributed by atoms with van der Waals surface area (Å²) in [7, 11) is 0. The Labute approximate surface area is 317 Å². The first-order chi connectivity index (χ1) is 24.7. The maximum absolute atomic E-state index is 12.5. The van der Waals surface area contributed by atoms with E-state index in [4.69, 9.17) is 4.74 Å². The molecule has 0 aromatic rings. The fourth-order valence-corrected chi connectivity index (χ4v) is 12.1. The summed E-state index contributed by atoms with van der Waals surface area (Å²) < 4.78 is 5.76. The van der Waals surface area contributed by atoms with Crippen molar-refractivity contribution in [2.45, 2.75) is 189 Å². The van der Waals surface area contributed by atoms with Gasteiger partial charge < -0.3 is 4.74 Å². The standard InChI is InChI=1S/C49H82O2/c1-7-8-9-10-11-12-13-14-15-16-17-18-19-20-21-22-23-27-47(50)51-38-35-41(39(2)3)29-28-40(4)44-32-33-45-43-31-30-42-26-24-25-36-48(42,5)46(43)34-37-49(44,45)6/h11-12,14-15,17-18,20-21,39-46H,7-10,13,16,19,22-38H2,1-6H3/b12-11-,15-14-,18-17-,21-20-/t40-,41+,42?,43+,44-,45+,46+,48+,49-/m1/s1. The Morgan fingerprint density at radius 3 is 2.04 bits per heavy atom. The minimum absolute atomic E-state index is 0.0154. The number of esters is 1. The lowest BCUT2D eigenvalue weighted by atomic mass is 9.44. The van der Waals surface area contributed by atoms with E-state index in [0.717, 1.165) is 74.0 Å². The summed E-state index contributed by atoms with van der Waals surface area (Å²) in [6.07, 6.45) is 47.2. The molecule has 0 saturated heterocycles. The molecule has 4 saturated carbocycles. The molecular formula is C49H82O2. The molecule has 51 heavy (non-hydrogen) atoms. The maximum Gasteiger partial charge on any atom is 0.305 e. The van der Waals surface area contributed by atoms with Crippen molar-refractivity contribution in [3.05, 3.63) is 48.6 Å². The van der Waals surface area contributed by atoms with Gasteiger partial charge in [0.1, 0.15) is 0 Å². The summed E-state index contributed by atoms with van der Waals surface area (Å²) in [5.41, 5.74) is 1.22. The first kappa shape index (κ1) is 42.2. The van der Waals surface area contributed by atoms with Gasteiger partial charge in [0.2, 0.25) is 0 Å². The maximum atomic E-state index is 12.5. The average Bonchev–Trinajstić information content (AvgIpc) is 3.47. The second-order valence-electron chi connectivity index (χ2n) is 18.7. The van der Waals surface area contributed by atoms with Gasteiger partial charge in [-0.25, -0.2) is 0 Å². The van der Waals surface area contributed by atoms with Gasteiger partial charge in [0, 0.05) is 6.42 Å². The van der Waals surface area contributed by atoms with Gasteiger partial charge in [-0.3, -0.25) is 4.79 Å². The fraction of sp³-hybridized carbons (Fsp3) is 0.816. The van der Waals surface area contributed by atoms with E-state index in [2.05, 4.69) is 90.2 Å². The summed E-state index contributed by atoms with van der Waals surface area (Å²) in [5.74, 6) is 6.99. The van der Waals surface area contributed by atoms with Gasteiger partial charge in [-0.2, -0.15) is 0 Å². The molecule has 4 aliphatic carbocycles. The van der Waals surface area contributed by atoms with Crippen molar-refractivity contribution in [2.24, 2.45) is 58.2 Å². The van der Waals surface area contributed by atoms with Gasteiger partial charge in [-0.15, -0.1) is 0 Å². The molecule has 4 rings (SSSR count). The van der Waals surface area contributed by atoms with E-state index in [0.29, 0.717) is 35.7 Å². The van der Waals surface area contributed by atoms with Crippen LogP contribution in [0.4, 0.5) is 0 Å². The number of hydrogen-bond donors (Lipinski definition) is 0. The average molecular weight is 703 g/mol.